The van der Waals surface area contributed by atoms with Gasteiger partial charge in [-0.1, -0.05) is 31.9 Å². The zero-order chi connectivity index (χ0) is 10.7. The first-order valence-electron chi connectivity index (χ1n) is 3.64. The fourth-order valence-corrected chi connectivity index (χ4v) is 1.66. The van der Waals surface area contributed by atoms with E-state index in [0.29, 0.717) is 4.47 Å². The lowest BCUT2D eigenvalue weighted by Gasteiger charge is -2.02. The molecule has 0 amide bonds. The van der Waals surface area contributed by atoms with Crippen molar-refractivity contribution in [2.75, 3.05) is 7.11 Å². The minimum absolute atomic E-state index is 0.284. The molecule has 0 bridgehead atoms. The summed E-state index contributed by atoms with van der Waals surface area (Å²) in [5.74, 6) is -1.54. The third-order valence-electron chi connectivity index (χ3n) is 1.54. The van der Waals surface area contributed by atoms with Gasteiger partial charge in [0.05, 0.1) is 7.11 Å². The smallest absolute Gasteiger partial charge is 0.379 e. The lowest BCUT2D eigenvalue weighted by Crippen LogP contribution is -2.16. The van der Waals surface area contributed by atoms with Crippen LogP contribution in [0.2, 0.25) is 0 Å². The molecule has 0 aliphatic rings. The Kier molecular flexibility index (Phi) is 3.83. The quantitative estimate of drug-likeness (QED) is 0.477. The van der Waals surface area contributed by atoms with E-state index in [0.717, 1.165) is 4.47 Å². The van der Waals surface area contributed by atoms with Crippen molar-refractivity contribution in [1.29, 1.82) is 0 Å². The van der Waals surface area contributed by atoms with Crippen LogP contribution < -0.4 is 0 Å². The first-order valence-corrected chi connectivity index (χ1v) is 5.22. The van der Waals surface area contributed by atoms with Gasteiger partial charge in [-0.3, -0.25) is 4.79 Å². The summed E-state index contributed by atoms with van der Waals surface area (Å²) in [6.07, 6.45) is 0. The zero-order valence-corrected chi connectivity index (χ0v) is 10.4. The Morgan fingerprint density at radius 2 is 1.93 bits per heavy atom. The van der Waals surface area contributed by atoms with E-state index in [2.05, 4.69) is 36.6 Å². The molecule has 0 unspecified atom stereocenters. The lowest BCUT2D eigenvalue weighted by molar-refractivity contribution is -0.135. The molecule has 0 fully saturated rings. The van der Waals surface area contributed by atoms with Gasteiger partial charge in [0.15, 0.2) is 0 Å². The molecule has 0 N–H and O–H groups in total. The van der Waals surface area contributed by atoms with Crippen molar-refractivity contribution in [1.82, 2.24) is 0 Å². The van der Waals surface area contributed by atoms with Crippen molar-refractivity contribution >= 4 is 43.6 Å². The first kappa shape index (κ1) is 11.4. The monoisotopic (exact) mass is 320 g/mol. The highest BCUT2D eigenvalue weighted by Crippen LogP contribution is 2.22. The number of Topliss-reactive ketones (excluding diaryl/α,β-unsaturated/α-hetero) is 1. The molecule has 0 heterocycles. The number of benzene rings is 1. The number of methoxy groups -OCH3 is 1. The molecule has 0 atom stereocenters. The van der Waals surface area contributed by atoms with E-state index in [1.165, 1.54) is 7.11 Å². The number of halogens is 2. The van der Waals surface area contributed by atoms with Gasteiger partial charge in [0.25, 0.3) is 5.78 Å². The van der Waals surface area contributed by atoms with Gasteiger partial charge in [0.2, 0.25) is 0 Å². The summed E-state index contributed by atoms with van der Waals surface area (Å²) in [6, 6.07) is 5.00. The van der Waals surface area contributed by atoms with Gasteiger partial charge < -0.3 is 4.74 Å². The molecule has 74 valence electrons. The van der Waals surface area contributed by atoms with E-state index >= 15 is 0 Å². The summed E-state index contributed by atoms with van der Waals surface area (Å²) in [5, 5.41) is 0. The summed E-state index contributed by atoms with van der Waals surface area (Å²) in [7, 11) is 1.17. The van der Waals surface area contributed by atoms with Crippen LogP contribution in [-0.2, 0) is 9.53 Å². The Balaban J connectivity index is 3.12. The normalized spacial score (nSPS) is 9.64. The van der Waals surface area contributed by atoms with Gasteiger partial charge >= 0.3 is 5.97 Å². The van der Waals surface area contributed by atoms with Crippen LogP contribution in [0.1, 0.15) is 10.4 Å². The van der Waals surface area contributed by atoms with Crippen LogP contribution >= 0.6 is 31.9 Å². The average molecular weight is 322 g/mol. The third-order valence-corrected chi connectivity index (χ3v) is 2.73. The minimum Gasteiger partial charge on any atom is -0.463 e. The largest absolute Gasteiger partial charge is 0.463 e. The number of hydrogen-bond donors (Lipinski definition) is 0. The Hall–Kier alpha value is -0.680. The van der Waals surface area contributed by atoms with Crippen molar-refractivity contribution < 1.29 is 14.3 Å². The highest BCUT2D eigenvalue weighted by molar-refractivity contribution is 9.11. The molecule has 0 saturated carbocycles. The number of esters is 1. The van der Waals surface area contributed by atoms with Crippen LogP contribution in [0.4, 0.5) is 0 Å². The molecule has 0 radical (unpaired) electrons. The van der Waals surface area contributed by atoms with E-state index in [1.54, 1.807) is 18.2 Å². The van der Waals surface area contributed by atoms with Crippen molar-refractivity contribution in [3.8, 4) is 0 Å². The number of ether oxygens (including phenoxy) is 1. The summed E-state index contributed by atoms with van der Waals surface area (Å²) < 4.78 is 5.63. The number of carbonyl (C=O) groups excluding carboxylic acids is 2. The Bertz CT molecular complexity index is 388. The van der Waals surface area contributed by atoms with Crippen LogP contribution in [0, 0.1) is 0 Å². The Morgan fingerprint density at radius 3 is 2.50 bits per heavy atom. The molecule has 5 heteroatoms. The molecule has 1 rings (SSSR count). The molecule has 0 aliphatic carbocycles. The third kappa shape index (κ3) is 2.42. The maximum atomic E-state index is 11.4. The van der Waals surface area contributed by atoms with Crippen LogP contribution in [0.25, 0.3) is 0 Å². The van der Waals surface area contributed by atoms with Gasteiger partial charge in [-0.15, -0.1) is 0 Å². The van der Waals surface area contributed by atoms with Gasteiger partial charge in [0, 0.05) is 14.5 Å². The van der Waals surface area contributed by atoms with Crippen molar-refractivity contribution in [3.63, 3.8) is 0 Å². The second-order valence-corrected chi connectivity index (χ2v) is 4.21. The van der Waals surface area contributed by atoms with E-state index in [4.69, 9.17) is 0 Å². The van der Waals surface area contributed by atoms with Crippen LogP contribution in [0.15, 0.2) is 27.1 Å². The van der Waals surface area contributed by atoms with Crippen LogP contribution in [0.3, 0.4) is 0 Å². The molecule has 3 nitrogen and oxygen atoms in total. The van der Waals surface area contributed by atoms with Crippen molar-refractivity contribution in [3.05, 3.63) is 32.7 Å². The second kappa shape index (κ2) is 4.70. The van der Waals surface area contributed by atoms with Crippen LogP contribution in [-0.4, -0.2) is 18.9 Å². The van der Waals surface area contributed by atoms with E-state index < -0.39 is 11.8 Å². The van der Waals surface area contributed by atoms with Gasteiger partial charge in [-0.2, -0.15) is 0 Å². The molecule has 14 heavy (non-hydrogen) atoms. The maximum Gasteiger partial charge on any atom is 0.379 e. The molecule has 0 aliphatic heterocycles. The summed E-state index contributed by atoms with van der Waals surface area (Å²) in [6.45, 7) is 0. The molecular formula is C9H6Br2O3. The lowest BCUT2D eigenvalue weighted by atomic mass is 10.1. The summed E-state index contributed by atoms with van der Waals surface area (Å²) in [5.41, 5.74) is 0.284. The van der Waals surface area contributed by atoms with Crippen molar-refractivity contribution in [2.24, 2.45) is 0 Å². The number of carbonyl (C=O) groups is 2. The molecule has 1 aromatic carbocycles. The zero-order valence-electron chi connectivity index (χ0n) is 7.21. The Labute approximate surface area is 97.7 Å². The average Bonchev–Trinajstić information content (AvgIpc) is 2.19. The maximum absolute atomic E-state index is 11.4. The molecule has 1 aromatic rings. The highest BCUT2D eigenvalue weighted by Gasteiger charge is 2.19. The van der Waals surface area contributed by atoms with Gasteiger partial charge in [0.1, 0.15) is 0 Å². The topological polar surface area (TPSA) is 43.4 Å². The molecule has 0 saturated heterocycles. The predicted octanol–water partition coefficient (Wildman–Crippen LogP) is 2.57. The molecule has 0 aromatic heterocycles. The standard InChI is InChI=1S/C9H6Br2O3/c1-14-9(13)8(12)6-4-5(10)2-3-7(6)11/h2-4H,1H3. The SMILES string of the molecule is COC(=O)C(=O)c1cc(Br)ccc1Br. The van der Waals surface area contributed by atoms with E-state index in [9.17, 15) is 9.59 Å². The minimum atomic E-state index is -0.871. The summed E-state index contributed by atoms with van der Waals surface area (Å²) >= 11 is 6.39. The first-order chi connectivity index (χ1) is 6.56. The van der Waals surface area contributed by atoms with E-state index in [1.807, 2.05) is 0 Å². The molecular weight excluding hydrogens is 316 g/mol. The van der Waals surface area contributed by atoms with E-state index in [-0.39, 0.29) is 5.56 Å². The predicted molar refractivity (Wildman–Crippen MR) is 58.2 cm³/mol. The number of hydrogen-bond acceptors (Lipinski definition) is 3. The highest BCUT2D eigenvalue weighted by atomic mass is 79.9. The molecule has 0 spiro atoms. The van der Waals surface area contributed by atoms with Crippen molar-refractivity contribution in [2.45, 2.75) is 0 Å². The fourth-order valence-electron chi connectivity index (χ4n) is 0.874. The number of ketones is 1. The fraction of sp³-hybridized carbons (Fsp3) is 0.111. The summed E-state index contributed by atoms with van der Waals surface area (Å²) in [4.78, 5) is 22.4. The Morgan fingerprint density at radius 1 is 1.29 bits per heavy atom. The van der Waals surface area contributed by atoms with Crippen LogP contribution in [0.5, 0.6) is 0 Å². The number of rotatable bonds is 2. The van der Waals surface area contributed by atoms with Gasteiger partial charge in [-0.05, 0) is 18.2 Å². The second-order valence-electron chi connectivity index (χ2n) is 2.44. The van der Waals surface area contributed by atoms with Gasteiger partial charge in [-0.25, -0.2) is 4.79 Å².